The molecule has 14 heteroatoms. The summed E-state index contributed by atoms with van der Waals surface area (Å²) in [7, 11) is 0. The molecule has 4 rings (SSSR count). The molecule has 0 unspecified atom stereocenters. The van der Waals surface area contributed by atoms with Crippen LogP contribution in [-0.2, 0) is 16.0 Å². The standard InChI is InChI=1S/C27H29F2N7O5/c28-18-11-21(29)24(33-13-18)27(40)36-8-2-1-6-32-26(39)22(12-19-14-30-16-34-19)35-25(38)17-4-3-5-20(10-17)41-9-7-31-23(37)15-36/h3-5,10-11,13-14,16,22H,1-2,6-9,12,15H2,(H,30,34)(H,31,37)(H,32,39)(H,35,38)/t22-/m0/s1. The smallest absolute Gasteiger partial charge is 0.275 e. The van der Waals surface area contributed by atoms with Crippen LogP contribution in [0, 0.1) is 11.6 Å². The summed E-state index contributed by atoms with van der Waals surface area (Å²) < 4.78 is 33.2. The molecule has 0 spiro atoms. The van der Waals surface area contributed by atoms with Gasteiger partial charge in [-0.3, -0.25) is 19.2 Å². The number of hydrogen-bond acceptors (Lipinski definition) is 7. The molecular formula is C27H29F2N7O5. The van der Waals surface area contributed by atoms with Crippen molar-refractivity contribution >= 4 is 23.6 Å². The fraction of sp³-hybridized carbons (Fsp3) is 0.333. The maximum absolute atomic E-state index is 14.3. The summed E-state index contributed by atoms with van der Waals surface area (Å²) in [5.74, 6) is -4.00. The number of aromatic nitrogens is 3. The van der Waals surface area contributed by atoms with Gasteiger partial charge in [0.05, 0.1) is 25.6 Å². The van der Waals surface area contributed by atoms with E-state index in [1.165, 1.54) is 12.4 Å². The Balaban J connectivity index is 1.50. The first kappa shape index (κ1) is 29.1. The van der Waals surface area contributed by atoms with Crippen LogP contribution in [-0.4, -0.2) is 82.3 Å². The average Bonchev–Trinajstić information content (AvgIpc) is 3.46. The summed E-state index contributed by atoms with van der Waals surface area (Å²) in [4.78, 5) is 63.1. The number of rotatable bonds is 3. The normalized spacial score (nSPS) is 17.7. The Morgan fingerprint density at radius 3 is 2.71 bits per heavy atom. The molecule has 3 heterocycles. The molecule has 0 saturated carbocycles. The zero-order valence-electron chi connectivity index (χ0n) is 22.0. The van der Waals surface area contributed by atoms with Crippen molar-refractivity contribution in [3.05, 3.63) is 77.6 Å². The van der Waals surface area contributed by atoms with Crippen molar-refractivity contribution in [3.8, 4) is 5.75 Å². The quantitative estimate of drug-likeness (QED) is 0.366. The summed E-state index contributed by atoms with van der Waals surface area (Å²) in [6, 6.07) is 6.00. The van der Waals surface area contributed by atoms with Crippen LogP contribution >= 0.6 is 0 Å². The van der Waals surface area contributed by atoms with Gasteiger partial charge >= 0.3 is 0 Å². The van der Waals surface area contributed by atoms with Gasteiger partial charge in [-0.1, -0.05) is 6.07 Å². The molecule has 41 heavy (non-hydrogen) atoms. The SMILES string of the molecule is O=C1CN(C(=O)c2ncc(F)cc2F)CCCCNC(=O)[C@H](Cc2cnc[nH]2)NC(=O)c2cccc(c2)OCCN1. The number of pyridine rings is 1. The van der Waals surface area contributed by atoms with E-state index in [1.54, 1.807) is 24.4 Å². The molecule has 216 valence electrons. The number of ether oxygens (including phenoxy) is 1. The third-order valence-electron chi connectivity index (χ3n) is 6.18. The lowest BCUT2D eigenvalue weighted by atomic mass is 10.1. The molecular weight excluding hydrogens is 540 g/mol. The second-order valence-electron chi connectivity index (χ2n) is 9.24. The Morgan fingerprint density at radius 2 is 1.93 bits per heavy atom. The monoisotopic (exact) mass is 569 g/mol. The first-order valence-corrected chi connectivity index (χ1v) is 13.0. The Hall–Kier alpha value is -4.88. The zero-order chi connectivity index (χ0) is 29.2. The molecule has 1 aliphatic heterocycles. The molecule has 2 bridgehead atoms. The van der Waals surface area contributed by atoms with Crippen LogP contribution < -0.4 is 20.7 Å². The lowest BCUT2D eigenvalue weighted by Crippen LogP contribution is -2.48. The van der Waals surface area contributed by atoms with Crippen LogP contribution in [0.25, 0.3) is 0 Å². The van der Waals surface area contributed by atoms with Crippen molar-refractivity contribution in [1.29, 1.82) is 0 Å². The van der Waals surface area contributed by atoms with Crippen molar-refractivity contribution in [3.63, 3.8) is 0 Å². The minimum absolute atomic E-state index is 0.0390. The third kappa shape index (κ3) is 8.30. The van der Waals surface area contributed by atoms with E-state index >= 15 is 0 Å². The number of imidazole rings is 1. The Bertz CT molecular complexity index is 1390. The number of halogens is 2. The third-order valence-corrected chi connectivity index (χ3v) is 6.18. The second-order valence-corrected chi connectivity index (χ2v) is 9.24. The summed E-state index contributed by atoms with van der Waals surface area (Å²) >= 11 is 0. The molecule has 0 aliphatic carbocycles. The first-order valence-electron chi connectivity index (χ1n) is 13.0. The van der Waals surface area contributed by atoms with Crippen molar-refractivity contribution in [2.75, 3.05) is 32.8 Å². The highest BCUT2D eigenvalue weighted by Crippen LogP contribution is 2.14. The fourth-order valence-corrected chi connectivity index (χ4v) is 4.12. The van der Waals surface area contributed by atoms with Gasteiger partial charge in [0.15, 0.2) is 11.5 Å². The lowest BCUT2D eigenvalue weighted by Gasteiger charge is -2.22. The second kappa shape index (κ2) is 14.0. The largest absolute Gasteiger partial charge is 0.492 e. The molecule has 1 aromatic carbocycles. The molecule has 0 fully saturated rings. The number of nitrogens with zero attached hydrogens (tertiary/aromatic N) is 3. The van der Waals surface area contributed by atoms with Gasteiger partial charge in [0.25, 0.3) is 11.8 Å². The number of benzene rings is 1. The number of carbonyl (C=O) groups excluding carboxylic acids is 4. The van der Waals surface area contributed by atoms with Crippen LogP contribution in [0.2, 0.25) is 0 Å². The molecule has 4 N–H and O–H groups in total. The van der Waals surface area contributed by atoms with E-state index < -0.39 is 53.5 Å². The van der Waals surface area contributed by atoms with E-state index in [0.717, 1.165) is 11.1 Å². The van der Waals surface area contributed by atoms with E-state index in [9.17, 15) is 28.0 Å². The van der Waals surface area contributed by atoms with E-state index in [1.807, 2.05) is 0 Å². The Kier molecular flexibility index (Phi) is 9.91. The van der Waals surface area contributed by atoms with Crippen LogP contribution in [0.5, 0.6) is 5.75 Å². The maximum atomic E-state index is 14.3. The van der Waals surface area contributed by atoms with Crippen LogP contribution in [0.4, 0.5) is 8.78 Å². The molecule has 12 nitrogen and oxygen atoms in total. The average molecular weight is 570 g/mol. The summed E-state index contributed by atoms with van der Waals surface area (Å²) in [6.45, 7) is -0.00903. The van der Waals surface area contributed by atoms with Gasteiger partial charge in [-0.2, -0.15) is 0 Å². The number of aromatic amines is 1. The molecule has 2 aromatic heterocycles. The maximum Gasteiger partial charge on any atom is 0.275 e. The zero-order valence-corrected chi connectivity index (χ0v) is 22.0. The number of amides is 4. The van der Waals surface area contributed by atoms with Crippen molar-refractivity contribution < 1.29 is 32.7 Å². The van der Waals surface area contributed by atoms with Crippen molar-refractivity contribution in [2.45, 2.75) is 25.3 Å². The molecule has 1 aliphatic rings. The van der Waals surface area contributed by atoms with Gasteiger partial charge in [-0.15, -0.1) is 0 Å². The highest BCUT2D eigenvalue weighted by Gasteiger charge is 2.25. The van der Waals surface area contributed by atoms with Gasteiger partial charge in [0, 0.05) is 43.0 Å². The molecule has 4 amide bonds. The van der Waals surface area contributed by atoms with Crippen molar-refractivity contribution in [1.82, 2.24) is 35.8 Å². The molecule has 0 saturated heterocycles. The summed E-state index contributed by atoms with van der Waals surface area (Å²) in [5.41, 5.74) is 0.322. The van der Waals surface area contributed by atoms with Gasteiger partial charge in [-0.05, 0) is 31.0 Å². The minimum Gasteiger partial charge on any atom is -0.492 e. The topological polar surface area (TPSA) is 158 Å². The number of nitrogens with one attached hydrogen (secondary N) is 4. The predicted molar refractivity (Wildman–Crippen MR) is 141 cm³/mol. The van der Waals surface area contributed by atoms with Crippen LogP contribution in [0.1, 0.15) is 39.4 Å². The van der Waals surface area contributed by atoms with Gasteiger partial charge in [-0.25, -0.2) is 18.7 Å². The highest BCUT2D eigenvalue weighted by molar-refractivity contribution is 5.98. The molecule has 3 aromatic rings. The summed E-state index contributed by atoms with van der Waals surface area (Å²) in [6.07, 6.45) is 4.66. The van der Waals surface area contributed by atoms with Gasteiger partial charge in [0.1, 0.15) is 24.2 Å². The van der Waals surface area contributed by atoms with Gasteiger partial charge in [0.2, 0.25) is 11.8 Å². The fourth-order valence-electron chi connectivity index (χ4n) is 4.12. The Labute approximate surface area is 233 Å². The van der Waals surface area contributed by atoms with E-state index in [4.69, 9.17) is 4.74 Å². The van der Waals surface area contributed by atoms with E-state index in [-0.39, 0.29) is 38.2 Å². The molecule has 1 atom stereocenters. The highest BCUT2D eigenvalue weighted by atomic mass is 19.1. The van der Waals surface area contributed by atoms with E-state index in [2.05, 4.69) is 30.9 Å². The number of hydrogen-bond donors (Lipinski definition) is 4. The van der Waals surface area contributed by atoms with Gasteiger partial charge < -0.3 is 30.6 Å². The predicted octanol–water partition coefficient (Wildman–Crippen LogP) is 0.971. The number of carbonyl (C=O) groups is 4. The van der Waals surface area contributed by atoms with Crippen LogP contribution in [0.15, 0.2) is 49.1 Å². The van der Waals surface area contributed by atoms with Crippen LogP contribution in [0.3, 0.4) is 0 Å². The van der Waals surface area contributed by atoms with E-state index in [0.29, 0.717) is 30.4 Å². The van der Waals surface area contributed by atoms with Crippen molar-refractivity contribution in [2.24, 2.45) is 0 Å². The first-order chi connectivity index (χ1) is 19.8. The Morgan fingerprint density at radius 1 is 1.07 bits per heavy atom. The minimum atomic E-state index is -1.14. The molecule has 0 radical (unpaired) electrons. The lowest BCUT2D eigenvalue weighted by molar-refractivity contribution is -0.123. The number of H-pyrrole nitrogens is 1. The number of fused-ring (bicyclic) bond motifs is 2. The summed E-state index contributed by atoms with van der Waals surface area (Å²) in [5, 5.41) is 8.16.